The highest BCUT2D eigenvalue weighted by Gasteiger charge is 2.67. The molecule has 30 saturated carbocycles. The van der Waals surface area contributed by atoms with E-state index in [2.05, 4.69) is 51.7 Å². The van der Waals surface area contributed by atoms with Crippen molar-refractivity contribution >= 4 is 82.2 Å². The van der Waals surface area contributed by atoms with Gasteiger partial charge in [0.2, 0.25) is 0 Å². The van der Waals surface area contributed by atoms with Gasteiger partial charge in [0, 0.05) is 17.8 Å². The Hall–Kier alpha value is -5.82. The summed E-state index contributed by atoms with van der Waals surface area (Å²) in [4.78, 5) is 133. The fourth-order valence-electron chi connectivity index (χ4n) is 36.2. The lowest BCUT2D eigenvalue weighted by molar-refractivity contribution is -0.172. The molecule has 30 aliphatic carbocycles. The predicted molar refractivity (Wildman–Crippen MR) is 515 cm³/mol. The number of nitrogens with zero attached hydrogens (tertiary/aromatic N) is 6. The smallest absolute Gasteiger partial charge is 0.318 e. The third kappa shape index (κ3) is 21.5. The van der Waals surface area contributed by atoms with Gasteiger partial charge >= 0.3 is 35.8 Å². The number of Topliss-reactive ketones (excluding diaryl/α,β-unsaturated/α-hetero) is 2. The molecule has 2 unspecified atom stereocenters. The first-order valence-electron chi connectivity index (χ1n) is 56.0. The molecule has 0 aromatic carbocycles. The first kappa shape index (κ1) is 96.1. The van der Waals surface area contributed by atoms with E-state index in [1.807, 2.05) is 0 Å². The Bertz CT molecular complexity index is 4150. The Balaban J connectivity index is 0.000000104. The minimum Gasteiger partial charge on any atom is -0.318 e. The van der Waals surface area contributed by atoms with Gasteiger partial charge in [0.15, 0.2) is 11.6 Å². The Morgan fingerprint density at radius 1 is 0.271 bits per heavy atom. The van der Waals surface area contributed by atoms with Crippen LogP contribution in [0.5, 0.6) is 0 Å². The molecule has 734 valence electrons. The third-order valence-corrected chi connectivity index (χ3v) is 41.0. The summed E-state index contributed by atoms with van der Waals surface area (Å²) < 4.78 is 0. The quantitative estimate of drug-likeness (QED) is 0.0677. The first-order valence-corrected chi connectivity index (χ1v) is 56.0. The van der Waals surface area contributed by atoms with Gasteiger partial charge in [-0.05, 0) is 459 Å². The number of ketones is 2. The molecular formula is C113H168N6O14. The molecule has 30 rings (SSSR count). The minimum absolute atomic E-state index is 0.00153. The molecule has 26 bridgehead atoms. The molecule has 0 aromatic rings. The van der Waals surface area contributed by atoms with Gasteiger partial charge in [-0.15, -0.1) is 0 Å². The molecule has 30 aliphatic rings. The maximum Gasteiger partial charge on any atom is 0.341 e. The van der Waals surface area contributed by atoms with Gasteiger partial charge in [-0.1, -0.05) is 142 Å². The monoisotopic (exact) mass is 1830 g/mol. The maximum atomic E-state index is 13.1. The summed E-state index contributed by atoms with van der Waals surface area (Å²) in [5, 5.41) is 24.9. The van der Waals surface area contributed by atoms with Crippen LogP contribution in [0.2, 0.25) is 0 Å². The molecule has 30 fully saturated rings. The molecular weight excluding hydrogens is 1670 g/mol. The number of carbonyl (C=O) groups is 8. The van der Waals surface area contributed by atoms with Gasteiger partial charge in [0.05, 0.1) is 55.3 Å². The Morgan fingerprint density at radius 2 is 0.451 bits per heavy atom. The van der Waals surface area contributed by atoms with Crippen molar-refractivity contribution in [3.05, 3.63) is 0 Å². The van der Waals surface area contributed by atoms with E-state index < -0.39 is 0 Å². The van der Waals surface area contributed by atoms with Crippen molar-refractivity contribution in [1.29, 1.82) is 0 Å². The van der Waals surface area contributed by atoms with Crippen LogP contribution in [0.25, 0.3) is 0 Å². The molecule has 0 aliphatic heterocycles. The first-order chi connectivity index (χ1) is 64.3. The summed E-state index contributed by atoms with van der Waals surface area (Å²) in [5.74, 6) is 13.4. The minimum atomic E-state index is -0.344. The Kier molecular flexibility index (Phi) is 29.7. The van der Waals surface area contributed by atoms with E-state index in [0.717, 1.165) is 280 Å². The molecule has 2 atom stereocenters. The van der Waals surface area contributed by atoms with E-state index in [0.29, 0.717) is 47.6 Å². The second kappa shape index (κ2) is 41.2. The number of carbonyl (C=O) groups excluding carboxylic acids is 8. The van der Waals surface area contributed by atoms with Crippen molar-refractivity contribution in [2.75, 3.05) is 0 Å². The van der Waals surface area contributed by atoms with Crippen molar-refractivity contribution in [2.45, 2.75) is 464 Å². The van der Waals surface area contributed by atoms with E-state index in [4.69, 9.17) is 29.0 Å². The fraction of sp³-hybridized carbons (Fsp3) is 0.876. The highest BCUT2D eigenvalue weighted by atomic mass is 16.7. The molecule has 0 aromatic heterocycles. The molecule has 0 saturated heterocycles. The van der Waals surface area contributed by atoms with Gasteiger partial charge in [-0.25, -0.2) is 28.8 Å². The van der Waals surface area contributed by atoms with Crippen LogP contribution in [0.3, 0.4) is 0 Å². The van der Waals surface area contributed by atoms with Gasteiger partial charge in [0.1, 0.15) is 11.9 Å². The molecule has 0 heterocycles. The van der Waals surface area contributed by atoms with Crippen LogP contribution >= 0.6 is 0 Å². The van der Waals surface area contributed by atoms with Gasteiger partial charge in [-0.2, -0.15) is 0 Å². The maximum absolute atomic E-state index is 13.1. The number of oxime groups is 6. The summed E-state index contributed by atoms with van der Waals surface area (Å²) in [6.07, 6.45) is 81.6. The average Bonchev–Trinajstić information content (AvgIpc) is 1.56. The normalized spacial score (nSPS) is 42.5. The number of hydrogen-bond acceptors (Lipinski definition) is 20. The average molecular weight is 1830 g/mol. The Morgan fingerprint density at radius 3 is 0.647 bits per heavy atom. The lowest BCUT2D eigenvalue weighted by Gasteiger charge is -2.54. The van der Waals surface area contributed by atoms with Crippen molar-refractivity contribution < 1.29 is 67.4 Å². The van der Waals surface area contributed by atoms with Crippen LogP contribution in [-0.4, -0.2) is 82.2 Å². The van der Waals surface area contributed by atoms with Crippen molar-refractivity contribution in [2.24, 2.45) is 187 Å². The molecule has 0 N–H and O–H groups in total. The molecule has 0 radical (unpaired) electrons. The molecule has 20 heteroatoms. The van der Waals surface area contributed by atoms with E-state index in [-0.39, 0.29) is 96.6 Å². The highest BCUT2D eigenvalue weighted by Crippen LogP contribution is 2.68. The molecule has 0 spiro atoms. The standard InChI is InChI=1S/C26H43NO2.C21H29NO3.C18H27NO2.C17H25NO2.C16H23NO2.C15H21NO3/c28-25(26-18-21-15-22(19-26)17-23(16-21)20-26)29-27-24-13-11-9-7-5-3-1-2-4-6-8-10-12-14-24;1-19(2)15-4-5-20(19,3)17(23)16(15)22-25-18(24)21-9-12-6-13(10-21)8-14(7-12)11-21;20-17(21-19-16-5-3-1-2-4-6-16)18-10-13-7-14(11-18)9-15(8-13)12-18;19-16(20-18-15-4-2-1-3-5-15)17-9-12-6-13(10-17)8-14(7-12)11-17;18-15(19-17-14-3-1-2-4-14)16-8-11-5-12(9-16)7-13(6-11)10-16;1-2-13(17)9-16-19-14(18)15-6-10-3-11(7-15)5-12(4-10)8-15/h21-23H,1-20H2;12-15H,4-11H2,1-3H3;13-15H,1-12H2;12-14H,1-11H2;11-13H,1-10H2;9-12H,2-8H2,1H3/b;22-16-;;;;16-9+. The van der Waals surface area contributed by atoms with Gasteiger partial charge in [-0.3, -0.25) is 9.59 Å². The zero-order valence-electron chi connectivity index (χ0n) is 82.5. The number of fused-ring (bicyclic) bond motifs is 2. The number of rotatable bonds is 14. The highest BCUT2D eigenvalue weighted by molar-refractivity contribution is 6.45. The van der Waals surface area contributed by atoms with E-state index in [9.17, 15) is 38.4 Å². The van der Waals surface area contributed by atoms with Crippen LogP contribution in [0, 0.1) is 156 Å². The van der Waals surface area contributed by atoms with Crippen LogP contribution in [0.4, 0.5) is 0 Å². The molecule has 0 amide bonds. The summed E-state index contributed by atoms with van der Waals surface area (Å²) in [7, 11) is 0. The van der Waals surface area contributed by atoms with E-state index >= 15 is 0 Å². The molecule has 133 heavy (non-hydrogen) atoms. The van der Waals surface area contributed by atoms with Crippen molar-refractivity contribution in [3.8, 4) is 0 Å². The van der Waals surface area contributed by atoms with Crippen LogP contribution < -0.4 is 0 Å². The topological polar surface area (TPSA) is 266 Å². The molecule has 20 nitrogen and oxygen atoms in total. The second-order valence-corrected chi connectivity index (χ2v) is 51.5. The fourth-order valence-corrected chi connectivity index (χ4v) is 36.2. The van der Waals surface area contributed by atoms with Crippen LogP contribution in [0.15, 0.2) is 30.9 Å². The number of hydrogen-bond donors (Lipinski definition) is 0. The van der Waals surface area contributed by atoms with E-state index in [1.54, 1.807) is 6.92 Å². The summed E-state index contributed by atoms with van der Waals surface area (Å²) in [6, 6.07) is 0. The lowest BCUT2D eigenvalue weighted by atomic mass is 9.49. The summed E-state index contributed by atoms with van der Waals surface area (Å²) in [6.45, 7) is 8.13. The predicted octanol–water partition coefficient (Wildman–Crippen LogP) is 26.6. The zero-order chi connectivity index (χ0) is 91.8. The van der Waals surface area contributed by atoms with Crippen LogP contribution in [0.1, 0.15) is 464 Å². The van der Waals surface area contributed by atoms with Gasteiger partial charge in [0.25, 0.3) is 0 Å². The zero-order valence-corrected chi connectivity index (χ0v) is 82.5. The van der Waals surface area contributed by atoms with Crippen molar-refractivity contribution in [3.63, 3.8) is 0 Å². The second-order valence-electron chi connectivity index (χ2n) is 51.5. The Labute approximate surface area is 796 Å². The van der Waals surface area contributed by atoms with E-state index in [1.165, 1.54) is 250 Å². The SMILES string of the molecule is CC12CCC(/C(=N/OC(=O)C34CC5CC(CC(C5)C3)C4)C1=O)C2(C)C.CCC(=O)/C=N/OC(=O)C12CC3CC(CC(C3)C1)C2.O=C(ON=C1CCCC1)C12CC3CC(CC(C3)C1)C2.O=C(ON=C1CCCCC1)C12CC3CC(CC(C3)C1)C2.O=C(ON=C1CCCCCC1)C12CC3CC(CC(C3)C1)C2.O=C(ON=C1CCCCCCCCCCCCCC1)C12CC3CC(CC(C3)C1)C2. The summed E-state index contributed by atoms with van der Waals surface area (Å²) in [5.41, 5.74) is 3.31. The van der Waals surface area contributed by atoms with Gasteiger partial charge < -0.3 is 29.0 Å². The largest absolute Gasteiger partial charge is 0.341 e. The van der Waals surface area contributed by atoms with Crippen molar-refractivity contribution in [1.82, 2.24) is 0 Å². The lowest BCUT2D eigenvalue weighted by Crippen LogP contribution is -2.50. The summed E-state index contributed by atoms with van der Waals surface area (Å²) >= 11 is 0. The third-order valence-electron chi connectivity index (χ3n) is 41.0. The van der Waals surface area contributed by atoms with Crippen LogP contribution in [-0.2, 0) is 67.4 Å².